The van der Waals surface area contributed by atoms with Gasteiger partial charge in [0.2, 0.25) is 0 Å². The Kier molecular flexibility index (Phi) is 2.58. The zero-order valence-electron chi connectivity index (χ0n) is 12.9. The van der Waals surface area contributed by atoms with Crippen molar-refractivity contribution in [3.63, 3.8) is 0 Å². The molecule has 3 aliphatic rings. The van der Waals surface area contributed by atoms with E-state index in [1.807, 2.05) is 0 Å². The summed E-state index contributed by atoms with van der Waals surface area (Å²) in [7, 11) is 1.80. The Labute approximate surface area is 131 Å². The summed E-state index contributed by atoms with van der Waals surface area (Å²) < 4.78 is 5.74. The number of hydrogen-bond acceptors (Lipinski definition) is 2. The second-order valence-electron chi connectivity index (χ2n) is 7.02. The Morgan fingerprint density at radius 3 is 2.55 bits per heavy atom. The van der Waals surface area contributed by atoms with E-state index in [4.69, 9.17) is 4.74 Å². The molecule has 2 nitrogen and oxygen atoms in total. The molecule has 112 valence electrons. The number of nitrogens with one attached hydrogen (secondary N) is 1. The van der Waals surface area contributed by atoms with E-state index < -0.39 is 0 Å². The van der Waals surface area contributed by atoms with Crippen molar-refractivity contribution in [3.05, 3.63) is 53.6 Å². The summed E-state index contributed by atoms with van der Waals surface area (Å²) in [5.74, 6) is 3.98. The lowest BCUT2D eigenvalue weighted by molar-refractivity contribution is 0.350. The standard InChI is InChI=1S/C20H21NO/c1-22-17-8-4-7-16-20(17)19-13-10-9-12(11-13)18(19)14-5-2-3-6-15(14)21-16/h2-8,12-13,18-19,21H,9-11H2,1H3. The van der Waals surface area contributed by atoms with Crippen LogP contribution in [0, 0.1) is 11.8 Å². The van der Waals surface area contributed by atoms with Crippen LogP contribution in [0.4, 0.5) is 11.4 Å². The molecule has 1 heterocycles. The van der Waals surface area contributed by atoms with Gasteiger partial charge in [0.1, 0.15) is 5.75 Å². The van der Waals surface area contributed by atoms with Crippen LogP contribution in [0.15, 0.2) is 42.5 Å². The predicted octanol–water partition coefficient (Wildman–Crippen LogP) is 5.05. The highest BCUT2D eigenvalue weighted by Gasteiger charge is 2.51. The Bertz CT molecular complexity index is 738. The van der Waals surface area contributed by atoms with Gasteiger partial charge in [0.15, 0.2) is 0 Å². The zero-order chi connectivity index (χ0) is 14.7. The van der Waals surface area contributed by atoms with E-state index in [-0.39, 0.29) is 0 Å². The Morgan fingerprint density at radius 2 is 1.68 bits per heavy atom. The molecule has 2 fully saturated rings. The number of rotatable bonds is 1. The van der Waals surface area contributed by atoms with E-state index in [9.17, 15) is 0 Å². The molecule has 0 spiro atoms. The van der Waals surface area contributed by atoms with Crippen LogP contribution in [-0.4, -0.2) is 7.11 Å². The van der Waals surface area contributed by atoms with Gasteiger partial charge in [0.05, 0.1) is 7.11 Å². The molecule has 4 atom stereocenters. The molecule has 0 radical (unpaired) electrons. The summed E-state index contributed by atoms with van der Waals surface area (Å²) >= 11 is 0. The highest BCUT2D eigenvalue weighted by molar-refractivity contribution is 5.73. The summed E-state index contributed by atoms with van der Waals surface area (Å²) in [5.41, 5.74) is 5.46. The molecule has 5 rings (SSSR count). The van der Waals surface area contributed by atoms with Gasteiger partial charge in [0, 0.05) is 16.9 Å². The highest BCUT2D eigenvalue weighted by atomic mass is 16.5. The van der Waals surface area contributed by atoms with Crippen molar-refractivity contribution in [1.29, 1.82) is 0 Å². The molecule has 2 aliphatic carbocycles. The van der Waals surface area contributed by atoms with Crippen molar-refractivity contribution in [1.82, 2.24) is 0 Å². The van der Waals surface area contributed by atoms with Crippen LogP contribution in [0.25, 0.3) is 0 Å². The fourth-order valence-corrected chi connectivity index (χ4v) is 5.38. The summed E-state index contributed by atoms with van der Waals surface area (Å²) in [6.07, 6.45) is 4.16. The molecule has 0 aromatic heterocycles. The first-order valence-electron chi connectivity index (χ1n) is 8.39. The van der Waals surface area contributed by atoms with Crippen LogP contribution < -0.4 is 10.1 Å². The third-order valence-electron chi connectivity index (χ3n) is 6.12. The maximum atomic E-state index is 5.74. The minimum Gasteiger partial charge on any atom is -0.496 e. The maximum Gasteiger partial charge on any atom is 0.124 e. The summed E-state index contributed by atoms with van der Waals surface area (Å²) in [5, 5.41) is 3.70. The lowest BCUT2D eigenvalue weighted by Crippen LogP contribution is -2.18. The van der Waals surface area contributed by atoms with Crippen LogP contribution in [-0.2, 0) is 0 Å². The number of para-hydroxylation sites is 1. The largest absolute Gasteiger partial charge is 0.496 e. The Balaban J connectivity index is 1.79. The lowest BCUT2D eigenvalue weighted by atomic mass is 9.72. The fraction of sp³-hybridized carbons (Fsp3) is 0.400. The molecule has 2 saturated carbocycles. The van der Waals surface area contributed by atoms with Crippen molar-refractivity contribution in [2.75, 3.05) is 12.4 Å². The summed E-state index contributed by atoms with van der Waals surface area (Å²) in [4.78, 5) is 0. The van der Waals surface area contributed by atoms with Crippen molar-refractivity contribution < 1.29 is 4.74 Å². The van der Waals surface area contributed by atoms with Gasteiger partial charge in [-0.15, -0.1) is 0 Å². The lowest BCUT2D eigenvalue weighted by Gasteiger charge is -2.32. The molecule has 2 aromatic rings. The molecule has 2 heteroatoms. The molecular formula is C20H21NO. The first-order valence-corrected chi connectivity index (χ1v) is 8.39. The fourth-order valence-electron chi connectivity index (χ4n) is 5.38. The van der Waals surface area contributed by atoms with E-state index in [2.05, 4.69) is 47.8 Å². The smallest absolute Gasteiger partial charge is 0.124 e. The van der Waals surface area contributed by atoms with Gasteiger partial charge in [-0.2, -0.15) is 0 Å². The summed E-state index contributed by atoms with van der Waals surface area (Å²) in [6.45, 7) is 0. The van der Waals surface area contributed by atoms with Crippen LogP contribution in [0.3, 0.4) is 0 Å². The van der Waals surface area contributed by atoms with Gasteiger partial charge >= 0.3 is 0 Å². The number of benzene rings is 2. The van der Waals surface area contributed by atoms with Gasteiger partial charge in [-0.25, -0.2) is 0 Å². The van der Waals surface area contributed by atoms with E-state index in [1.54, 1.807) is 7.11 Å². The molecule has 1 aliphatic heterocycles. The monoisotopic (exact) mass is 291 g/mol. The average molecular weight is 291 g/mol. The molecule has 0 amide bonds. The van der Waals surface area contributed by atoms with Gasteiger partial charge in [-0.1, -0.05) is 24.3 Å². The molecule has 2 aromatic carbocycles. The number of fused-ring (bicyclic) bond motifs is 9. The second kappa shape index (κ2) is 4.52. The van der Waals surface area contributed by atoms with Crippen LogP contribution >= 0.6 is 0 Å². The van der Waals surface area contributed by atoms with Crippen molar-refractivity contribution in [2.45, 2.75) is 31.1 Å². The Hall–Kier alpha value is -1.96. The van der Waals surface area contributed by atoms with Gasteiger partial charge in [0.25, 0.3) is 0 Å². The topological polar surface area (TPSA) is 21.3 Å². The SMILES string of the molecule is COc1cccc2c1C1C3CCC(C3)C1c1ccccc1N2. The minimum atomic E-state index is 0.612. The van der Waals surface area contributed by atoms with Crippen LogP contribution in [0.1, 0.15) is 42.2 Å². The first-order chi connectivity index (χ1) is 10.9. The van der Waals surface area contributed by atoms with Gasteiger partial charge < -0.3 is 10.1 Å². The van der Waals surface area contributed by atoms with Gasteiger partial charge in [-0.3, -0.25) is 0 Å². The zero-order valence-corrected chi connectivity index (χ0v) is 12.9. The van der Waals surface area contributed by atoms with E-state index >= 15 is 0 Å². The molecule has 4 unspecified atom stereocenters. The molecule has 0 saturated heterocycles. The Morgan fingerprint density at radius 1 is 0.909 bits per heavy atom. The summed E-state index contributed by atoms with van der Waals surface area (Å²) in [6, 6.07) is 15.3. The number of ether oxygens (including phenoxy) is 1. The van der Waals surface area contributed by atoms with Gasteiger partial charge in [-0.05, 0) is 66.7 Å². The molecule has 2 bridgehead atoms. The van der Waals surface area contributed by atoms with Crippen LogP contribution in [0.2, 0.25) is 0 Å². The molecule has 1 N–H and O–H groups in total. The third kappa shape index (κ3) is 1.55. The molecule has 22 heavy (non-hydrogen) atoms. The van der Waals surface area contributed by atoms with E-state index in [0.717, 1.165) is 17.6 Å². The van der Waals surface area contributed by atoms with Crippen molar-refractivity contribution in [3.8, 4) is 5.75 Å². The predicted molar refractivity (Wildman–Crippen MR) is 89.0 cm³/mol. The number of anilines is 2. The first kappa shape index (κ1) is 12.6. The quantitative estimate of drug-likeness (QED) is 0.794. The highest BCUT2D eigenvalue weighted by Crippen LogP contribution is 2.64. The number of methoxy groups -OCH3 is 1. The van der Waals surface area contributed by atoms with Crippen LogP contribution in [0.5, 0.6) is 5.75 Å². The maximum absolute atomic E-state index is 5.74. The minimum absolute atomic E-state index is 0.612. The third-order valence-corrected chi connectivity index (χ3v) is 6.12. The van der Waals surface area contributed by atoms with E-state index in [1.165, 1.54) is 41.8 Å². The molecular weight excluding hydrogens is 270 g/mol. The normalized spacial score (nSPS) is 30.8. The second-order valence-corrected chi connectivity index (χ2v) is 7.02. The van der Waals surface area contributed by atoms with Crippen molar-refractivity contribution >= 4 is 11.4 Å². The number of hydrogen-bond donors (Lipinski definition) is 1. The van der Waals surface area contributed by atoms with E-state index in [0.29, 0.717) is 11.8 Å². The van der Waals surface area contributed by atoms with Crippen molar-refractivity contribution in [2.24, 2.45) is 11.8 Å². The average Bonchev–Trinajstić information content (AvgIpc) is 3.12.